The second kappa shape index (κ2) is 7.61. The number of carbonyl (C=O) groups is 1. The first-order valence-electron chi connectivity index (χ1n) is 10.6. The lowest BCUT2D eigenvalue weighted by atomic mass is 10.0. The third-order valence-electron chi connectivity index (χ3n) is 6.28. The summed E-state index contributed by atoms with van der Waals surface area (Å²) in [7, 11) is 1.86. The van der Waals surface area contributed by atoms with E-state index in [2.05, 4.69) is 20.4 Å². The molecule has 0 aromatic carbocycles. The Balaban J connectivity index is 1.29. The van der Waals surface area contributed by atoms with Gasteiger partial charge in [-0.1, -0.05) is 0 Å². The van der Waals surface area contributed by atoms with Crippen LogP contribution in [0.25, 0.3) is 0 Å². The molecule has 12 heteroatoms. The van der Waals surface area contributed by atoms with Crippen molar-refractivity contribution in [3.8, 4) is 0 Å². The van der Waals surface area contributed by atoms with Gasteiger partial charge in [0.1, 0.15) is 11.7 Å². The summed E-state index contributed by atoms with van der Waals surface area (Å²) in [4.78, 5) is 25.7. The smallest absolute Gasteiger partial charge is 0.374 e. The predicted octanol–water partition coefficient (Wildman–Crippen LogP) is 2.08. The van der Waals surface area contributed by atoms with Gasteiger partial charge in [0.25, 0.3) is 0 Å². The van der Waals surface area contributed by atoms with Crippen molar-refractivity contribution in [3.63, 3.8) is 0 Å². The van der Waals surface area contributed by atoms with E-state index in [1.54, 1.807) is 4.90 Å². The first-order valence-corrected chi connectivity index (χ1v) is 10.6. The molecule has 1 saturated heterocycles. The minimum absolute atomic E-state index is 0.0598. The average molecular weight is 451 g/mol. The number of carbonyl (C=O) groups excluding carboxylic acids is 1. The van der Waals surface area contributed by atoms with Crippen molar-refractivity contribution >= 4 is 23.4 Å². The van der Waals surface area contributed by atoms with Gasteiger partial charge in [0.15, 0.2) is 11.5 Å². The van der Waals surface area contributed by atoms with E-state index in [9.17, 15) is 18.0 Å². The van der Waals surface area contributed by atoms with Gasteiger partial charge < -0.3 is 19.9 Å². The lowest BCUT2D eigenvalue weighted by Gasteiger charge is -2.41. The zero-order valence-corrected chi connectivity index (χ0v) is 17.8. The van der Waals surface area contributed by atoms with Crippen molar-refractivity contribution in [1.82, 2.24) is 19.7 Å². The van der Waals surface area contributed by atoms with Gasteiger partial charge in [-0.3, -0.25) is 9.48 Å². The normalized spacial score (nSPS) is 25.3. The SMILES string of the molecule is C[C@H]1C(=O)N2CCCc3nc(N[C@@H]4CO[C@@H](Cn5ccc(C(F)(F)F)n5)C4)nc(c32)N1C. The Bertz CT molecular complexity index is 1040. The number of aromatic nitrogens is 4. The van der Waals surface area contributed by atoms with E-state index >= 15 is 0 Å². The molecule has 0 bridgehead atoms. The molecule has 0 saturated carbocycles. The van der Waals surface area contributed by atoms with Crippen LogP contribution >= 0.6 is 0 Å². The van der Waals surface area contributed by atoms with Gasteiger partial charge in [-0.25, -0.2) is 4.98 Å². The molecule has 0 radical (unpaired) electrons. The summed E-state index contributed by atoms with van der Waals surface area (Å²) in [6, 6.07) is 0.588. The lowest BCUT2D eigenvalue weighted by Crippen LogP contribution is -2.53. The number of nitrogens with one attached hydrogen (secondary N) is 1. The van der Waals surface area contributed by atoms with Gasteiger partial charge in [0, 0.05) is 19.8 Å². The molecule has 0 spiro atoms. The molecule has 3 atom stereocenters. The fourth-order valence-electron chi connectivity index (χ4n) is 4.50. The average Bonchev–Trinajstić information content (AvgIpc) is 3.40. The minimum Gasteiger partial charge on any atom is -0.374 e. The third-order valence-corrected chi connectivity index (χ3v) is 6.28. The number of nitrogens with zero attached hydrogens (tertiary/aromatic N) is 6. The van der Waals surface area contributed by atoms with Gasteiger partial charge in [-0.15, -0.1) is 0 Å². The molecular formula is C20H24F3N7O2. The molecule has 5 heterocycles. The van der Waals surface area contributed by atoms with E-state index in [0.29, 0.717) is 25.5 Å². The maximum absolute atomic E-state index is 12.7. The highest BCUT2D eigenvalue weighted by molar-refractivity contribution is 6.05. The summed E-state index contributed by atoms with van der Waals surface area (Å²) in [5.41, 5.74) is 0.738. The minimum atomic E-state index is -4.46. The number of hydrogen-bond acceptors (Lipinski definition) is 7. The summed E-state index contributed by atoms with van der Waals surface area (Å²) in [6.45, 7) is 3.17. The molecule has 172 valence electrons. The van der Waals surface area contributed by atoms with E-state index in [1.165, 1.54) is 10.9 Å². The Labute approximate surface area is 182 Å². The zero-order chi connectivity index (χ0) is 22.6. The van der Waals surface area contributed by atoms with Crippen LogP contribution < -0.4 is 15.1 Å². The molecular weight excluding hydrogens is 427 g/mol. The second-order valence-electron chi connectivity index (χ2n) is 8.50. The number of anilines is 3. The van der Waals surface area contributed by atoms with Crippen LogP contribution in [0.4, 0.5) is 30.6 Å². The molecule has 1 N–H and O–H groups in total. The number of likely N-dealkylation sites (N-methyl/N-ethyl adjacent to an activating group) is 1. The molecule has 9 nitrogen and oxygen atoms in total. The molecule has 32 heavy (non-hydrogen) atoms. The van der Waals surface area contributed by atoms with E-state index in [1.807, 2.05) is 18.9 Å². The van der Waals surface area contributed by atoms with Crippen molar-refractivity contribution in [2.45, 2.75) is 57.1 Å². The topological polar surface area (TPSA) is 88.4 Å². The van der Waals surface area contributed by atoms with Crippen LogP contribution in [0.1, 0.15) is 31.2 Å². The number of amides is 1. The van der Waals surface area contributed by atoms with Crippen LogP contribution in [0.5, 0.6) is 0 Å². The Morgan fingerprint density at radius 2 is 2.12 bits per heavy atom. The lowest BCUT2D eigenvalue weighted by molar-refractivity contribution is -0.141. The molecule has 3 aliphatic heterocycles. The van der Waals surface area contributed by atoms with Crippen molar-refractivity contribution in [2.75, 3.05) is 35.3 Å². The van der Waals surface area contributed by atoms with Gasteiger partial charge in [0.05, 0.1) is 31.0 Å². The van der Waals surface area contributed by atoms with Gasteiger partial charge >= 0.3 is 6.18 Å². The Morgan fingerprint density at radius 1 is 1.31 bits per heavy atom. The number of ether oxygens (including phenoxy) is 1. The molecule has 3 aliphatic rings. The summed E-state index contributed by atoms with van der Waals surface area (Å²) >= 11 is 0. The highest BCUT2D eigenvalue weighted by Gasteiger charge is 2.39. The molecule has 1 amide bonds. The fourth-order valence-corrected chi connectivity index (χ4v) is 4.50. The van der Waals surface area contributed by atoms with Crippen molar-refractivity contribution in [1.29, 1.82) is 0 Å². The predicted molar refractivity (Wildman–Crippen MR) is 110 cm³/mol. The molecule has 2 aromatic heterocycles. The standard InChI is InChI=1S/C20H24F3N7O2/c1-11-18(31)30-6-3-4-14-16(30)17(28(11)2)26-19(25-14)24-12-8-13(32-10-12)9-29-7-5-15(27-29)20(21,22)23/h5,7,11-13H,3-4,6,8-10H2,1-2H3,(H,24,25,26)/t11-,12-,13+/m0/s1. The summed E-state index contributed by atoms with van der Waals surface area (Å²) < 4.78 is 45.3. The third kappa shape index (κ3) is 3.65. The molecule has 2 aromatic rings. The number of aryl methyl sites for hydroxylation is 1. The Kier molecular flexibility index (Phi) is 4.99. The van der Waals surface area contributed by atoms with E-state index < -0.39 is 11.9 Å². The zero-order valence-electron chi connectivity index (χ0n) is 17.8. The maximum atomic E-state index is 12.7. The van der Waals surface area contributed by atoms with Crippen molar-refractivity contribution in [2.24, 2.45) is 0 Å². The first kappa shape index (κ1) is 21.0. The maximum Gasteiger partial charge on any atom is 0.435 e. The van der Waals surface area contributed by atoms with Crippen LogP contribution in [0.15, 0.2) is 12.3 Å². The molecule has 0 unspecified atom stereocenters. The van der Waals surface area contributed by atoms with Gasteiger partial charge in [0.2, 0.25) is 11.9 Å². The van der Waals surface area contributed by atoms with Crippen LogP contribution in [-0.2, 0) is 28.7 Å². The van der Waals surface area contributed by atoms with E-state index in [4.69, 9.17) is 4.74 Å². The summed E-state index contributed by atoms with van der Waals surface area (Å²) in [5.74, 6) is 1.27. The number of halogens is 3. The summed E-state index contributed by atoms with van der Waals surface area (Å²) in [5, 5.41) is 6.90. The quantitative estimate of drug-likeness (QED) is 0.762. The van der Waals surface area contributed by atoms with Crippen LogP contribution in [0.2, 0.25) is 0 Å². The fraction of sp³-hybridized carbons (Fsp3) is 0.600. The highest BCUT2D eigenvalue weighted by atomic mass is 19.4. The van der Waals surface area contributed by atoms with Crippen LogP contribution in [0, 0.1) is 0 Å². The van der Waals surface area contributed by atoms with Crippen LogP contribution in [0.3, 0.4) is 0 Å². The van der Waals surface area contributed by atoms with Crippen molar-refractivity contribution < 1.29 is 22.7 Å². The monoisotopic (exact) mass is 451 g/mol. The van der Waals surface area contributed by atoms with E-state index in [-0.39, 0.29) is 30.6 Å². The number of hydrogen-bond donors (Lipinski definition) is 1. The summed E-state index contributed by atoms with van der Waals surface area (Å²) in [6.07, 6.45) is -1.19. The number of rotatable bonds is 4. The molecule has 1 fully saturated rings. The van der Waals surface area contributed by atoms with Gasteiger partial charge in [-0.05, 0) is 32.3 Å². The van der Waals surface area contributed by atoms with Crippen molar-refractivity contribution in [3.05, 3.63) is 23.7 Å². The molecule has 0 aliphatic carbocycles. The second-order valence-corrected chi connectivity index (χ2v) is 8.50. The highest BCUT2D eigenvalue weighted by Crippen LogP contribution is 2.39. The van der Waals surface area contributed by atoms with E-state index in [0.717, 1.165) is 36.1 Å². The van der Waals surface area contributed by atoms with Crippen LogP contribution in [-0.4, -0.2) is 64.0 Å². The van der Waals surface area contributed by atoms with Gasteiger partial charge in [-0.2, -0.15) is 23.3 Å². The Hall–Kier alpha value is -2.89. The first-order chi connectivity index (χ1) is 15.2. The number of alkyl halides is 3. The Morgan fingerprint density at radius 3 is 2.88 bits per heavy atom. The molecule has 5 rings (SSSR count). The largest absolute Gasteiger partial charge is 0.435 e.